The van der Waals surface area contributed by atoms with Gasteiger partial charge in [-0.15, -0.1) is 11.3 Å². The van der Waals surface area contributed by atoms with E-state index in [4.69, 9.17) is 5.73 Å². The molecular weight excluding hydrogens is 238 g/mol. The van der Waals surface area contributed by atoms with E-state index >= 15 is 0 Å². The number of nitrogens with zero attached hydrogens (tertiary/aromatic N) is 2. The van der Waals surface area contributed by atoms with Crippen LogP contribution in [0.1, 0.15) is 23.2 Å². The van der Waals surface area contributed by atoms with Crippen molar-refractivity contribution in [3.8, 4) is 0 Å². The number of rotatable bonds is 4. The lowest BCUT2D eigenvalue weighted by atomic mass is 10.2. The molecule has 0 spiro atoms. The van der Waals surface area contributed by atoms with Gasteiger partial charge in [-0.1, -0.05) is 0 Å². The first-order chi connectivity index (χ1) is 8.04. The van der Waals surface area contributed by atoms with E-state index in [-0.39, 0.29) is 18.4 Å². The number of hydrogen-bond acceptors (Lipinski definition) is 5. The Bertz CT molecular complexity index is 407. The van der Waals surface area contributed by atoms with E-state index in [9.17, 15) is 9.90 Å². The zero-order valence-electron chi connectivity index (χ0n) is 9.80. The van der Waals surface area contributed by atoms with Gasteiger partial charge in [0.1, 0.15) is 5.01 Å². The Morgan fingerprint density at radius 3 is 3.12 bits per heavy atom. The van der Waals surface area contributed by atoms with Crippen molar-refractivity contribution in [3.05, 3.63) is 16.1 Å². The number of likely N-dealkylation sites (tertiary alicyclic amines) is 1. The number of carbonyl (C=O) groups is 1. The summed E-state index contributed by atoms with van der Waals surface area (Å²) in [5.41, 5.74) is 5.12. The van der Waals surface area contributed by atoms with Gasteiger partial charge in [-0.3, -0.25) is 9.69 Å². The third-order valence-corrected chi connectivity index (χ3v) is 3.95. The highest BCUT2D eigenvalue weighted by Gasteiger charge is 2.27. The molecule has 0 saturated carbocycles. The zero-order valence-corrected chi connectivity index (χ0v) is 10.6. The van der Waals surface area contributed by atoms with Crippen LogP contribution in [0.15, 0.2) is 6.20 Å². The van der Waals surface area contributed by atoms with Gasteiger partial charge in [-0.2, -0.15) is 0 Å². The zero-order chi connectivity index (χ0) is 12.4. The summed E-state index contributed by atoms with van der Waals surface area (Å²) in [5, 5.41) is 10.3. The molecule has 2 atom stereocenters. The number of aromatic nitrogens is 1. The lowest BCUT2D eigenvalue weighted by Crippen LogP contribution is -2.26. The van der Waals surface area contributed by atoms with Crippen molar-refractivity contribution in [2.24, 2.45) is 5.73 Å². The minimum absolute atomic E-state index is 0.211. The summed E-state index contributed by atoms with van der Waals surface area (Å²) in [7, 11) is 0. The number of β-amino-alcohol motifs (C(OH)–C–C–N with tert-alkyl or cyclic N) is 1. The summed E-state index contributed by atoms with van der Waals surface area (Å²) in [6, 6.07) is 0.395. The van der Waals surface area contributed by atoms with Crippen LogP contribution in [0.4, 0.5) is 0 Å². The van der Waals surface area contributed by atoms with Crippen molar-refractivity contribution in [3.63, 3.8) is 0 Å². The second kappa shape index (κ2) is 5.12. The molecule has 94 valence electrons. The standard InChI is InChI=1S/C11H17N3O2S/c1-7-2-8(15)5-14(7)6-9-4-13-11(17-9)3-10(12)16/h4,7-8,15H,2-3,5-6H2,1H3,(H2,12,16)/t7-,8+/m0/s1. The van der Waals surface area contributed by atoms with Crippen LogP contribution in [0.25, 0.3) is 0 Å². The van der Waals surface area contributed by atoms with Crippen LogP contribution in [0.5, 0.6) is 0 Å². The summed E-state index contributed by atoms with van der Waals surface area (Å²) in [6.45, 7) is 3.61. The Balaban J connectivity index is 1.95. The van der Waals surface area contributed by atoms with Gasteiger partial charge >= 0.3 is 0 Å². The highest BCUT2D eigenvalue weighted by Crippen LogP contribution is 2.22. The number of aliphatic hydroxyl groups excluding tert-OH is 1. The van der Waals surface area contributed by atoms with Crippen molar-refractivity contribution < 1.29 is 9.90 Å². The highest BCUT2D eigenvalue weighted by molar-refractivity contribution is 7.11. The van der Waals surface area contributed by atoms with E-state index in [1.165, 1.54) is 11.3 Å². The van der Waals surface area contributed by atoms with E-state index in [0.29, 0.717) is 12.6 Å². The quantitative estimate of drug-likeness (QED) is 0.801. The largest absolute Gasteiger partial charge is 0.392 e. The van der Waals surface area contributed by atoms with E-state index in [2.05, 4.69) is 16.8 Å². The van der Waals surface area contributed by atoms with Crippen molar-refractivity contribution >= 4 is 17.2 Å². The number of hydrogen-bond donors (Lipinski definition) is 2. The molecule has 3 N–H and O–H groups in total. The van der Waals surface area contributed by atoms with Gasteiger partial charge in [-0.05, 0) is 13.3 Å². The SMILES string of the molecule is C[C@H]1C[C@@H](O)CN1Cc1cnc(CC(N)=O)s1. The molecule has 1 aliphatic rings. The Hall–Kier alpha value is -0.980. The summed E-state index contributed by atoms with van der Waals surface area (Å²) in [4.78, 5) is 18.3. The fraction of sp³-hybridized carbons (Fsp3) is 0.636. The molecular formula is C11H17N3O2S. The summed E-state index contributed by atoms with van der Waals surface area (Å²) in [5.74, 6) is -0.351. The summed E-state index contributed by atoms with van der Waals surface area (Å²) in [6.07, 6.45) is 2.61. The molecule has 1 amide bonds. The summed E-state index contributed by atoms with van der Waals surface area (Å²) >= 11 is 1.52. The predicted molar refractivity (Wildman–Crippen MR) is 65.5 cm³/mol. The van der Waals surface area contributed by atoms with Crippen molar-refractivity contribution in [2.45, 2.75) is 38.5 Å². The maximum absolute atomic E-state index is 10.8. The lowest BCUT2D eigenvalue weighted by Gasteiger charge is -2.19. The molecule has 17 heavy (non-hydrogen) atoms. The average molecular weight is 255 g/mol. The van der Waals surface area contributed by atoms with Crippen LogP contribution in [0.2, 0.25) is 0 Å². The molecule has 2 rings (SSSR count). The molecule has 0 aromatic carbocycles. The third kappa shape index (κ3) is 3.24. The van der Waals surface area contributed by atoms with Crippen LogP contribution in [-0.2, 0) is 17.8 Å². The molecule has 5 nitrogen and oxygen atoms in total. The van der Waals surface area contributed by atoms with Crippen LogP contribution in [0, 0.1) is 0 Å². The van der Waals surface area contributed by atoms with Gasteiger partial charge in [0.05, 0.1) is 12.5 Å². The van der Waals surface area contributed by atoms with Crippen LogP contribution < -0.4 is 5.73 Å². The number of carbonyl (C=O) groups excluding carboxylic acids is 1. The average Bonchev–Trinajstić information content (AvgIpc) is 2.74. The maximum Gasteiger partial charge on any atom is 0.224 e. The fourth-order valence-electron chi connectivity index (χ4n) is 2.14. The first-order valence-electron chi connectivity index (χ1n) is 5.68. The Morgan fingerprint density at radius 1 is 1.76 bits per heavy atom. The van der Waals surface area contributed by atoms with E-state index < -0.39 is 0 Å². The van der Waals surface area contributed by atoms with Gasteiger partial charge in [0, 0.05) is 30.2 Å². The molecule has 0 aliphatic carbocycles. The first-order valence-corrected chi connectivity index (χ1v) is 6.50. The van der Waals surface area contributed by atoms with Gasteiger partial charge in [0.2, 0.25) is 5.91 Å². The van der Waals surface area contributed by atoms with Crippen molar-refractivity contribution in [1.29, 1.82) is 0 Å². The monoisotopic (exact) mass is 255 g/mol. The van der Waals surface area contributed by atoms with E-state index in [0.717, 1.165) is 22.9 Å². The second-order valence-corrected chi connectivity index (χ2v) is 5.73. The maximum atomic E-state index is 10.8. The number of nitrogens with two attached hydrogens (primary N) is 1. The second-order valence-electron chi connectivity index (χ2n) is 4.53. The summed E-state index contributed by atoms with van der Waals surface area (Å²) < 4.78 is 0. The molecule has 1 fully saturated rings. The molecule has 1 aromatic heterocycles. The number of amides is 1. The van der Waals surface area contributed by atoms with E-state index in [1.54, 1.807) is 6.20 Å². The van der Waals surface area contributed by atoms with Crippen LogP contribution in [0.3, 0.4) is 0 Å². The number of primary amides is 1. The fourth-order valence-corrected chi connectivity index (χ4v) is 3.10. The van der Waals surface area contributed by atoms with Gasteiger partial charge < -0.3 is 10.8 Å². The topological polar surface area (TPSA) is 79.4 Å². The molecule has 0 unspecified atom stereocenters. The molecule has 6 heteroatoms. The van der Waals surface area contributed by atoms with Crippen molar-refractivity contribution in [2.75, 3.05) is 6.54 Å². The smallest absolute Gasteiger partial charge is 0.224 e. The third-order valence-electron chi connectivity index (χ3n) is 2.97. The lowest BCUT2D eigenvalue weighted by molar-refractivity contribution is -0.117. The normalized spacial score (nSPS) is 25.3. The van der Waals surface area contributed by atoms with Crippen LogP contribution >= 0.6 is 11.3 Å². The van der Waals surface area contributed by atoms with Gasteiger partial charge in [0.15, 0.2) is 0 Å². The molecule has 1 saturated heterocycles. The molecule has 1 aromatic rings. The van der Waals surface area contributed by atoms with E-state index in [1.807, 2.05) is 0 Å². The van der Waals surface area contributed by atoms with Gasteiger partial charge in [-0.25, -0.2) is 4.98 Å². The number of aliphatic hydroxyl groups is 1. The number of thiazole rings is 1. The molecule has 0 radical (unpaired) electrons. The molecule has 0 bridgehead atoms. The molecule has 2 heterocycles. The minimum Gasteiger partial charge on any atom is -0.392 e. The van der Waals surface area contributed by atoms with Crippen LogP contribution in [-0.4, -0.2) is 39.6 Å². The van der Waals surface area contributed by atoms with Crippen molar-refractivity contribution in [1.82, 2.24) is 9.88 Å². The van der Waals surface area contributed by atoms with Gasteiger partial charge in [0.25, 0.3) is 0 Å². The molecule has 1 aliphatic heterocycles. The Kier molecular flexibility index (Phi) is 3.76. The minimum atomic E-state index is -0.351. The Labute approximate surface area is 104 Å². The highest BCUT2D eigenvalue weighted by atomic mass is 32.1. The Morgan fingerprint density at radius 2 is 2.53 bits per heavy atom. The first kappa shape index (κ1) is 12.5. The predicted octanol–water partition coefficient (Wildman–Crippen LogP) is 0.126.